The van der Waals surface area contributed by atoms with Gasteiger partial charge in [0.15, 0.2) is 5.78 Å². The average molecular weight is 305 g/mol. The minimum Gasteiger partial charge on any atom is -0.298 e. The van der Waals surface area contributed by atoms with Crippen molar-refractivity contribution < 1.29 is 9.18 Å². The number of ketones is 1. The van der Waals surface area contributed by atoms with Gasteiger partial charge in [-0.15, -0.1) is 11.3 Å². The molecule has 0 atom stereocenters. The first kappa shape index (κ1) is 15.9. The number of carbonyl (C=O) groups excluding carboxylic acids is 1. The van der Waals surface area contributed by atoms with Crippen molar-refractivity contribution in [3.05, 3.63) is 57.5 Å². The maximum Gasteiger partial charge on any atom is 0.164 e. The predicted octanol–water partition coefficient (Wildman–Crippen LogP) is 4.29. The van der Waals surface area contributed by atoms with Crippen molar-refractivity contribution in [1.29, 1.82) is 0 Å². The quantitative estimate of drug-likeness (QED) is 0.711. The van der Waals surface area contributed by atoms with Gasteiger partial charge < -0.3 is 0 Å². The zero-order chi connectivity index (χ0) is 15.2. The first-order valence-corrected chi connectivity index (χ1v) is 8.02. The topological polar surface area (TPSA) is 20.3 Å². The van der Waals surface area contributed by atoms with E-state index in [0.717, 1.165) is 13.1 Å². The van der Waals surface area contributed by atoms with Gasteiger partial charge in [0.05, 0.1) is 0 Å². The van der Waals surface area contributed by atoms with Gasteiger partial charge in [0.1, 0.15) is 5.82 Å². The van der Waals surface area contributed by atoms with E-state index in [4.69, 9.17) is 0 Å². The van der Waals surface area contributed by atoms with Gasteiger partial charge in [0.25, 0.3) is 0 Å². The van der Waals surface area contributed by atoms with Crippen LogP contribution in [0.1, 0.15) is 34.1 Å². The molecule has 0 aliphatic carbocycles. The molecule has 21 heavy (non-hydrogen) atoms. The smallest absolute Gasteiger partial charge is 0.164 e. The number of carbonyl (C=O) groups is 1. The van der Waals surface area contributed by atoms with E-state index < -0.39 is 0 Å². The zero-order valence-electron chi connectivity index (χ0n) is 12.4. The number of Topliss-reactive ketones (excluding diaryl/α,β-unsaturated/α-hetero) is 1. The highest BCUT2D eigenvalue weighted by Crippen LogP contribution is 2.14. The molecule has 0 aliphatic heterocycles. The predicted molar refractivity (Wildman–Crippen MR) is 85.4 cm³/mol. The van der Waals surface area contributed by atoms with Crippen LogP contribution in [0.15, 0.2) is 35.7 Å². The van der Waals surface area contributed by atoms with Crippen molar-refractivity contribution in [2.45, 2.75) is 26.8 Å². The van der Waals surface area contributed by atoms with Crippen LogP contribution in [-0.2, 0) is 6.54 Å². The van der Waals surface area contributed by atoms with Crippen molar-refractivity contribution in [1.82, 2.24) is 4.90 Å². The highest BCUT2D eigenvalue weighted by atomic mass is 32.1. The molecule has 0 radical (unpaired) electrons. The Kier molecular flexibility index (Phi) is 5.65. The van der Waals surface area contributed by atoms with E-state index in [9.17, 15) is 9.18 Å². The fourth-order valence-corrected chi connectivity index (χ4v) is 2.89. The first-order chi connectivity index (χ1) is 10.1. The van der Waals surface area contributed by atoms with E-state index in [1.54, 1.807) is 30.4 Å². The van der Waals surface area contributed by atoms with Crippen LogP contribution in [0, 0.1) is 12.7 Å². The van der Waals surface area contributed by atoms with Crippen molar-refractivity contribution in [3.8, 4) is 0 Å². The van der Waals surface area contributed by atoms with Gasteiger partial charge in [-0.05, 0) is 36.5 Å². The van der Waals surface area contributed by atoms with Gasteiger partial charge >= 0.3 is 0 Å². The van der Waals surface area contributed by atoms with E-state index in [2.05, 4.69) is 23.3 Å². The average Bonchev–Trinajstić information content (AvgIpc) is 2.99. The zero-order valence-corrected chi connectivity index (χ0v) is 13.3. The summed E-state index contributed by atoms with van der Waals surface area (Å²) in [6.07, 6.45) is 0.418. The number of aryl methyl sites for hydroxylation is 1. The van der Waals surface area contributed by atoms with E-state index >= 15 is 0 Å². The lowest BCUT2D eigenvalue weighted by Gasteiger charge is -2.19. The number of halogens is 1. The monoisotopic (exact) mass is 305 g/mol. The highest BCUT2D eigenvalue weighted by Gasteiger charge is 2.11. The normalized spacial score (nSPS) is 11.0. The number of nitrogens with zero attached hydrogens (tertiary/aromatic N) is 1. The van der Waals surface area contributed by atoms with E-state index in [1.165, 1.54) is 10.9 Å². The van der Waals surface area contributed by atoms with Crippen LogP contribution in [0.5, 0.6) is 0 Å². The second-order valence-electron chi connectivity index (χ2n) is 5.09. The van der Waals surface area contributed by atoms with Crippen LogP contribution in [0.25, 0.3) is 0 Å². The molecule has 2 rings (SSSR count). The van der Waals surface area contributed by atoms with Crippen LogP contribution in [0.2, 0.25) is 0 Å². The van der Waals surface area contributed by atoms with Crippen LogP contribution < -0.4 is 0 Å². The summed E-state index contributed by atoms with van der Waals surface area (Å²) in [6, 6.07) is 8.84. The summed E-state index contributed by atoms with van der Waals surface area (Å²) in [5, 5.41) is 2.06. The summed E-state index contributed by atoms with van der Waals surface area (Å²) in [7, 11) is 0. The van der Waals surface area contributed by atoms with Crippen molar-refractivity contribution in [2.24, 2.45) is 0 Å². The Morgan fingerprint density at radius 1 is 1.33 bits per heavy atom. The van der Waals surface area contributed by atoms with Crippen LogP contribution in [0.4, 0.5) is 4.39 Å². The number of thiophene rings is 1. The molecule has 1 aromatic carbocycles. The molecule has 2 aromatic rings. The molecular formula is C17H20FNOS. The van der Waals surface area contributed by atoms with E-state index in [-0.39, 0.29) is 11.6 Å². The molecule has 0 saturated heterocycles. The molecule has 112 valence electrons. The lowest BCUT2D eigenvalue weighted by atomic mass is 10.1. The lowest BCUT2D eigenvalue weighted by Crippen LogP contribution is -2.25. The number of hydrogen-bond donors (Lipinski definition) is 0. The van der Waals surface area contributed by atoms with E-state index in [1.807, 2.05) is 6.07 Å². The summed E-state index contributed by atoms with van der Waals surface area (Å²) in [5.74, 6) is -0.315. The molecule has 1 aromatic heterocycles. The Labute approximate surface area is 129 Å². The maximum atomic E-state index is 13.5. The fourth-order valence-electron chi connectivity index (χ4n) is 2.14. The minimum absolute atomic E-state index is 0.00136. The largest absolute Gasteiger partial charge is 0.298 e. The Balaban J connectivity index is 1.91. The SMILES string of the molecule is CCN(CCC(=O)c1ccc(C)c(F)c1)Cc1cccs1. The fraction of sp³-hybridized carbons (Fsp3) is 0.353. The molecule has 0 amide bonds. The second-order valence-corrected chi connectivity index (χ2v) is 6.12. The summed E-state index contributed by atoms with van der Waals surface area (Å²) in [5.41, 5.74) is 1.03. The summed E-state index contributed by atoms with van der Waals surface area (Å²) >= 11 is 1.72. The third kappa shape index (κ3) is 4.48. The third-order valence-electron chi connectivity index (χ3n) is 3.56. The third-order valence-corrected chi connectivity index (χ3v) is 4.42. The molecule has 4 heteroatoms. The molecule has 0 N–H and O–H groups in total. The Morgan fingerprint density at radius 3 is 2.76 bits per heavy atom. The van der Waals surface area contributed by atoms with Crippen molar-refractivity contribution >= 4 is 17.1 Å². The minimum atomic E-state index is -0.313. The Hall–Kier alpha value is -1.52. The maximum absolute atomic E-state index is 13.5. The molecule has 0 bridgehead atoms. The summed E-state index contributed by atoms with van der Waals surface area (Å²) in [4.78, 5) is 15.7. The lowest BCUT2D eigenvalue weighted by molar-refractivity contribution is 0.0963. The Morgan fingerprint density at radius 2 is 2.14 bits per heavy atom. The van der Waals surface area contributed by atoms with Gasteiger partial charge in [0, 0.05) is 30.0 Å². The first-order valence-electron chi connectivity index (χ1n) is 7.14. The number of benzene rings is 1. The summed E-state index contributed by atoms with van der Waals surface area (Å²) in [6.45, 7) is 6.24. The van der Waals surface area contributed by atoms with Crippen LogP contribution in [0.3, 0.4) is 0 Å². The highest BCUT2D eigenvalue weighted by molar-refractivity contribution is 7.09. The molecule has 0 saturated carbocycles. The molecule has 0 aliphatic rings. The van der Waals surface area contributed by atoms with Gasteiger partial charge in [-0.3, -0.25) is 9.69 Å². The molecule has 0 fully saturated rings. The molecule has 1 heterocycles. The van der Waals surface area contributed by atoms with Gasteiger partial charge in [-0.1, -0.05) is 25.1 Å². The van der Waals surface area contributed by atoms with Crippen LogP contribution in [-0.4, -0.2) is 23.8 Å². The molecular weight excluding hydrogens is 285 g/mol. The van der Waals surface area contributed by atoms with Crippen LogP contribution >= 0.6 is 11.3 Å². The molecule has 0 unspecified atom stereocenters. The van der Waals surface area contributed by atoms with Gasteiger partial charge in [-0.2, -0.15) is 0 Å². The Bertz CT molecular complexity index is 595. The number of hydrogen-bond acceptors (Lipinski definition) is 3. The molecule has 2 nitrogen and oxygen atoms in total. The van der Waals surface area contributed by atoms with Gasteiger partial charge in [-0.25, -0.2) is 4.39 Å². The van der Waals surface area contributed by atoms with Crippen molar-refractivity contribution in [2.75, 3.05) is 13.1 Å². The number of rotatable bonds is 7. The van der Waals surface area contributed by atoms with Crippen molar-refractivity contribution in [3.63, 3.8) is 0 Å². The second kappa shape index (κ2) is 7.48. The van der Waals surface area contributed by atoms with E-state index in [0.29, 0.717) is 24.1 Å². The summed E-state index contributed by atoms with van der Waals surface area (Å²) < 4.78 is 13.5. The van der Waals surface area contributed by atoms with Gasteiger partial charge in [0.2, 0.25) is 0 Å². The molecule has 0 spiro atoms. The standard InChI is InChI=1S/C17H20FNOS/c1-3-19(12-15-5-4-10-21-15)9-8-17(20)14-7-6-13(2)16(18)11-14/h4-7,10-11H,3,8-9,12H2,1-2H3.